The lowest BCUT2D eigenvalue weighted by molar-refractivity contribution is 0.641. The molecule has 0 spiro atoms. The molecule has 1 aromatic heterocycles. The van der Waals surface area contributed by atoms with Gasteiger partial charge in [-0.15, -0.1) is 0 Å². The molecule has 0 N–H and O–H groups in total. The van der Waals surface area contributed by atoms with Crippen molar-refractivity contribution >= 4 is 27.7 Å². The van der Waals surface area contributed by atoms with Gasteiger partial charge in [0.05, 0.1) is 6.54 Å². The van der Waals surface area contributed by atoms with Crippen LogP contribution in [0.25, 0.3) is 0 Å². The highest BCUT2D eigenvalue weighted by Crippen LogP contribution is 2.13. The van der Waals surface area contributed by atoms with Crippen LogP contribution in [0.1, 0.15) is 5.56 Å². The van der Waals surface area contributed by atoms with Gasteiger partial charge in [-0.05, 0) is 27.7 Å². The van der Waals surface area contributed by atoms with Gasteiger partial charge in [0.2, 0.25) is 0 Å². The van der Waals surface area contributed by atoms with Crippen LogP contribution in [0.15, 0.2) is 51.0 Å². The molecular formula is C12H11BrN2OS. The fraction of sp³-hybridized carbons (Fsp3) is 0.167. The summed E-state index contributed by atoms with van der Waals surface area (Å²) in [6.45, 7) is 0.544. The Morgan fingerprint density at radius 3 is 2.71 bits per heavy atom. The predicted octanol–water partition coefficient (Wildman–Crippen LogP) is 2.78. The van der Waals surface area contributed by atoms with E-state index in [4.69, 9.17) is 0 Å². The molecule has 2 rings (SSSR count). The van der Waals surface area contributed by atoms with E-state index in [2.05, 4.69) is 20.9 Å². The van der Waals surface area contributed by atoms with Crippen LogP contribution in [0.4, 0.5) is 0 Å². The molecule has 0 radical (unpaired) electrons. The summed E-state index contributed by atoms with van der Waals surface area (Å²) in [4.78, 5) is 16.2. The Balaban J connectivity index is 2.45. The molecular weight excluding hydrogens is 300 g/mol. The Morgan fingerprint density at radius 2 is 2.06 bits per heavy atom. The molecule has 0 aliphatic carbocycles. The molecule has 0 fully saturated rings. The quantitative estimate of drug-likeness (QED) is 0.646. The number of hydrogen-bond donors (Lipinski definition) is 0. The maximum Gasteiger partial charge on any atom is 0.268 e. The summed E-state index contributed by atoms with van der Waals surface area (Å²) in [6.07, 6.45) is 3.47. The Morgan fingerprint density at radius 1 is 1.35 bits per heavy atom. The van der Waals surface area contributed by atoms with Crippen LogP contribution < -0.4 is 5.56 Å². The van der Waals surface area contributed by atoms with E-state index in [1.54, 1.807) is 10.8 Å². The molecule has 5 heteroatoms. The molecule has 0 amide bonds. The highest BCUT2D eigenvalue weighted by molar-refractivity contribution is 9.10. The molecule has 1 heterocycles. The zero-order chi connectivity index (χ0) is 12.3. The van der Waals surface area contributed by atoms with Crippen molar-refractivity contribution in [1.29, 1.82) is 0 Å². The highest BCUT2D eigenvalue weighted by Gasteiger charge is 2.08. The van der Waals surface area contributed by atoms with Gasteiger partial charge in [-0.3, -0.25) is 9.36 Å². The molecule has 0 unspecified atom stereocenters. The lowest BCUT2D eigenvalue weighted by Gasteiger charge is -2.10. The summed E-state index contributed by atoms with van der Waals surface area (Å²) in [5.74, 6) is 0. The summed E-state index contributed by atoms with van der Waals surface area (Å²) >= 11 is 4.69. The van der Waals surface area contributed by atoms with E-state index >= 15 is 0 Å². The minimum atomic E-state index is -0.0480. The van der Waals surface area contributed by atoms with E-state index < -0.39 is 0 Å². The first-order chi connectivity index (χ1) is 8.22. The van der Waals surface area contributed by atoms with Gasteiger partial charge >= 0.3 is 0 Å². The predicted molar refractivity (Wildman–Crippen MR) is 73.5 cm³/mol. The fourth-order valence-electron chi connectivity index (χ4n) is 1.52. The third kappa shape index (κ3) is 2.79. The van der Waals surface area contributed by atoms with Crippen LogP contribution in [0.2, 0.25) is 0 Å². The van der Waals surface area contributed by atoms with E-state index in [9.17, 15) is 4.79 Å². The lowest BCUT2D eigenvalue weighted by Crippen LogP contribution is -2.23. The van der Waals surface area contributed by atoms with Crippen LogP contribution >= 0.6 is 27.7 Å². The third-order valence-corrected chi connectivity index (χ3v) is 3.57. The molecule has 17 heavy (non-hydrogen) atoms. The van der Waals surface area contributed by atoms with Crippen molar-refractivity contribution in [2.24, 2.45) is 0 Å². The Labute approximate surface area is 112 Å². The summed E-state index contributed by atoms with van der Waals surface area (Å²) in [5.41, 5.74) is 1.04. The normalized spacial score (nSPS) is 10.5. The second kappa shape index (κ2) is 5.51. The SMILES string of the molecule is CSc1ncc(Br)c(=O)n1Cc1ccccc1. The van der Waals surface area contributed by atoms with Crippen LogP contribution in [-0.2, 0) is 6.54 Å². The Hall–Kier alpha value is -1.07. The first-order valence-corrected chi connectivity index (χ1v) is 7.07. The van der Waals surface area contributed by atoms with E-state index in [0.29, 0.717) is 11.0 Å². The van der Waals surface area contributed by atoms with Crippen molar-refractivity contribution in [3.63, 3.8) is 0 Å². The number of rotatable bonds is 3. The Bertz CT molecular complexity index is 568. The lowest BCUT2D eigenvalue weighted by atomic mass is 10.2. The molecule has 0 atom stereocenters. The summed E-state index contributed by atoms with van der Waals surface area (Å²) in [5, 5.41) is 0.724. The summed E-state index contributed by atoms with van der Waals surface area (Å²) in [6, 6.07) is 9.88. The molecule has 2 aromatic rings. The van der Waals surface area contributed by atoms with Crippen molar-refractivity contribution in [3.05, 3.63) is 56.9 Å². The average Bonchev–Trinajstić information content (AvgIpc) is 2.37. The van der Waals surface area contributed by atoms with Gasteiger partial charge in [0.25, 0.3) is 5.56 Å². The van der Waals surface area contributed by atoms with E-state index in [0.717, 1.165) is 10.7 Å². The van der Waals surface area contributed by atoms with Crippen molar-refractivity contribution in [2.45, 2.75) is 11.7 Å². The summed E-state index contributed by atoms with van der Waals surface area (Å²) in [7, 11) is 0. The van der Waals surface area contributed by atoms with Gasteiger partial charge in [0.1, 0.15) is 4.47 Å². The second-order valence-electron chi connectivity index (χ2n) is 3.47. The van der Waals surface area contributed by atoms with Gasteiger partial charge in [0.15, 0.2) is 5.16 Å². The van der Waals surface area contributed by atoms with Gasteiger partial charge in [-0.25, -0.2) is 4.98 Å². The number of thioether (sulfide) groups is 1. The number of hydrogen-bond acceptors (Lipinski definition) is 3. The molecule has 0 saturated heterocycles. The smallest absolute Gasteiger partial charge is 0.268 e. The monoisotopic (exact) mass is 310 g/mol. The summed E-state index contributed by atoms with van der Waals surface area (Å²) < 4.78 is 2.16. The van der Waals surface area contributed by atoms with E-state index in [1.165, 1.54) is 11.8 Å². The van der Waals surface area contributed by atoms with Crippen molar-refractivity contribution < 1.29 is 0 Å². The minimum absolute atomic E-state index is 0.0480. The van der Waals surface area contributed by atoms with E-state index in [1.807, 2.05) is 36.6 Å². The van der Waals surface area contributed by atoms with Crippen LogP contribution in [-0.4, -0.2) is 15.8 Å². The van der Waals surface area contributed by atoms with Crippen molar-refractivity contribution in [1.82, 2.24) is 9.55 Å². The maximum absolute atomic E-state index is 12.0. The molecule has 0 saturated carbocycles. The van der Waals surface area contributed by atoms with Crippen LogP contribution in [0, 0.1) is 0 Å². The molecule has 1 aromatic carbocycles. The zero-order valence-corrected chi connectivity index (χ0v) is 11.7. The zero-order valence-electron chi connectivity index (χ0n) is 9.26. The van der Waals surface area contributed by atoms with Gasteiger partial charge in [0, 0.05) is 6.20 Å². The number of halogens is 1. The first-order valence-electron chi connectivity index (χ1n) is 5.05. The fourth-order valence-corrected chi connectivity index (χ4v) is 2.36. The number of nitrogens with zero attached hydrogens (tertiary/aromatic N) is 2. The molecule has 0 aliphatic rings. The first kappa shape index (κ1) is 12.4. The Kier molecular flexibility index (Phi) is 4.02. The van der Waals surface area contributed by atoms with Gasteiger partial charge in [-0.2, -0.15) is 0 Å². The van der Waals surface area contributed by atoms with E-state index in [-0.39, 0.29) is 5.56 Å². The maximum atomic E-state index is 12.0. The van der Waals surface area contributed by atoms with Gasteiger partial charge in [-0.1, -0.05) is 42.1 Å². The number of benzene rings is 1. The van der Waals surface area contributed by atoms with Gasteiger partial charge < -0.3 is 0 Å². The standard InChI is InChI=1S/C12H11BrN2OS/c1-17-12-14-7-10(13)11(16)15(12)8-9-5-3-2-4-6-9/h2-7H,8H2,1H3. The molecule has 0 aliphatic heterocycles. The van der Waals surface area contributed by atoms with Crippen LogP contribution in [0.5, 0.6) is 0 Å². The molecule has 0 bridgehead atoms. The topological polar surface area (TPSA) is 34.9 Å². The average molecular weight is 311 g/mol. The second-order valence-corrected chi connectivity index (χ2v) is 5.10. The molecule has 88 valence electrons. The van der Waals surface area contributed by atoms with Crippen molar-refractivity contribution in [2.75, 3.05) is 6.26 Å². The largest absolute Gasteiger partial charge is 0.282 e. The van der Waals surface area contributed by atoms with Crippen LogP contribution in [0.3, 0.4) is 0 Å². The number of aromatic nitrogens is 2. The minimum Gasteiger partial charge on any atom is -0.282 e. The third-order valence-electron chi connectivity index (χ3n) is 2.33. The van der Waals surface area contributed by atoms with Crippen molar-refractivity contribution in [3.8, 4) is 0 Å². The highest BCUT2D eigenvalue weighted by atomic mass is 79.9. The molecule has 3 nitrogen and oxygen atoms in total.